The van der Waals surface area contributed by atoms with Gasteiger partial charge < -0.3 is 9.88 Å². The molecule has 0 radical (unpaired) electrons. The molecule has 0 amide bonds. The highest BCUT2D eigenvalue weighted by Gasteiger charge is 2.29. The van der Waals surface area contributed by atoms with Crippen LogP contribution in [0.3, 0.4) is 0 Å². The van der Waals surface area contributed by atoms with Crippen molar-refractivity contribution in [2.24, 2.45) is 0 Å². The Bertz CT molecular complexity index is 1190. The minimum Gasteiger partial charge on any atom is -0.360 e. The fourth-order valence-corrected chi connectivity index (χ4v) is 5.42. The summed E-state index contributed by atoms with van der Waals surface area (Å²) in [5.74, 6) is 0.414. The molecule has 0 saturated carbocycles. The molecule has 1 saturated heterocycles. The Morgan fingerprint density at radius 1 is 1.17 bits per heavy atom. The van der Waals surface area contributed by atoms with E-state index in [0.29, 0.717) is 18.7 Å². The minimum atomic E-state index is -3.14. The molecule has 3 aromatic rings. The predicted molar refractivity (Wildman–Crippen MR) is 121 cm³/mol. The van der Waals surface area contributed by atoms with Gasteiger partial charge in [0.1, 0.15) is 6.07 Å². The molecular formula is C23H26N4O2S. The summed E-state index contributed by atoms with van der Waals surface area (Å²) in [6, 6.07) is 16.4. The first kappa shape index (κ1) is 20.5. The SMILES string of the molecule is CCS(=O)(=O)N1CCC(c2c[nH]c3c(C#N)cc(N(C)c4ccccc4)cc23)CC1. The number of piperidine rings is 1. The summed E-state index contributed by atoms with van der Waals surface area (Å²) in [4.78, 5) is 5.37. The van der Waals surface area contributed by atoms with Gasteiger partial charge in [-0.15, -0.1) is 0 Å². The maximum absolute atomic E-state index is 12.2. The van der Waals surface area contributed by atoms with Gasteiger partial charge in [0.25, 0.3) is 0 Å². The highest BCUT2D eigenvalue weighted by Crippen LogP contribution is 2.37. The van der Waals surface area contributed by atoms with Gasteiger partial charge in [0.2, 0.25) is 10.0 Å². The van der Waals surface area contributed by atoms with E-state index < -0.39 is 10.0 Å². The molecular weight excluding hydrogens is 396 g/mol. The van der Waals surface area contributed by atoms with Gasteiger partial charge in [-0.1, -0.05) is 18.2 Å². The number of benzene rings is 2. The number of anilines is 2. The van der Waals surface area contributed by atoms with Crippen molar-refractivity contribution < 1.29 is 8.42 Å². The summed E-state index contributed by atoms with van der Waals surface area (Å²) in [6.07, 6.45) is 3.56. The predicted octanol–water partition coefficient (Wildman–Crippen LogP) is 4.34. The van der Waals surface area contributed by atoms with E-state index in [9.17, 15) is 13.7 Å². The lowest BCUT2D eigenvalue weighted by Crippen LogP contribution is -2.38. The van der Waals surface area contributed by atoms with Gasteiger partial charge in [-0.2, -0.15) is 5.26 Å². The summed E-state index contributed by atoms with van der Waals surface area (Å²) in [6.45, 7) is 2.78. The van der Waals surface area contributed by atoms with Crippen LogP contribution in [0.25, 0.3) is 10.9 Å². The molecule has 2 aromatic carbocycles. The third-order valence-electron chi connectivity index (χ3n) is 6.11. The summed E-state index contributed by atoms with van der Waals surface area (Å²) >= 11 is 0. The molecule has 30 heavy (non-hydrogen) atoms. The Kier molecular flexibility index (Phi) is 5.54. The standard InChI is InChI=1S/C23H26N4O2S/c1-3-30(28,29)27-11-9-17(10-12-27)22-16-25-23-18(15-24)13-20(14-21(22)23)26(2)19-7-5-4-6-8-19/h4-8,13-14,16-17,25H,3,9-12H2,1-2H3. The van der Waals surface area contributed by atoms with Crippen molar-refractivity contribution in [3.63, 3.8) is 0 Å². The summed E-state index contributed by atoms with van der Waals surface area (Å²) in [5, 5.41) is 10.8. The Hall–Kier alpha value is -2.82. The lowest BCUT2D eigenvalue weighted by atomic mass is 9.89. The van der Waals surface area contributed by atoms with Crippen molar-refractivity contribution >= 4 is 32.3 Å². The van der Waals surface area contributed by atoms with Gasteiger partial charge in [0, 0.05) is 43.1 Å². The number of hydrogen-bond acceptors (Lipinski definition) is 4. The largest absolute Gasteiger partial charge is 0.360 e. The zero-order valence-corrected chi connectivity index (χ0v) is 18.1. The Morgan fingerprint density at radius 2 is 1.87 bits per heavy atom. The summed E-state index contributed by atoms with van der Waals surface area (Å²) in [5.41, 5.74) is 4.63. The van der Waals surface area contributed by atoms with Gasteiger partial charge in [0.05, 0.1) is 16.8 Å². The molecule has 0 unspecified atom stereocenters. The molecule has 7 heteroatoms. The monoisotopic (exact) mass is 422 g/mol. The van der Waals surface area contributed by atoms with Crippen LogP contribution in [0.5, 0.6) is 0 Å². The molecule has 1 aliphatic rings. The Morgan fingerprint density at radius 3 is 2.50 bits per heavy atom. The third-order valence-corrected chi connectivity index (χ3v) is 7.99. The zero-order chi connectivity index (χ0) is 21.3. The fourth-order valence-electron chi connectivity index (χ4n) is 4.29. The molecule has 156 valence electrons. The fraction of sp³-hybridized carbons (Fsp3) is 0.348. The Balaban J connectivity index is 1.68. The molecule has 4 rings (SSSR count). The van der Waals surface area contributed by atoms with Crippen LogP contribution in [-0.2, 0) is 10.0 Å². The number of para-hydroxylation sites is 1. The zero-order valence-electron chi connectivity index (χ0n) is 17.3. The maximum Gasteiger partial charge on any atom is 0.213 e. The normalized spacial score (nSPS) is 15.9. The smallest absolute Gasteiger partial charge is 0.213 e. The van der Waals surface area contributed by atoms with Crippen LogP contribution in [0.15, 0.2) is 48.7 Å². The number of hydrogen-bond donors (Lipinski definition) is 1. The van der Waals surface area contributed by atoms with Crippen molar-refractivity contribution in [1.82, 2.24) is 9.29 Å². The van der Waals surface area contributed by atoms with Crippen molar-refractivity contribution in [2.45, 2.75) is 25.7 Å². The Labute approximate surface area is 177 Å². The van der Waals surface area contributed by atoms with Crippen LogP contribution >= 0.6 is 0 Å². The first-order valence-corrected chi connectivity index (χ1v) is 11.9. The molecule has 1 aromatic heterocycles. The van der Waals surface area contributed by atoms with E-state index in [2.05, 4.69) is 22.0 Å². The molecule has 1 aliphatic heterocycles. The lowest BCUT2D eigenvalue weighted by molar-refractivity contribution is 0.321. The van der Waals surface area contributed by atoms with E-state index in [1.165, 1.54) is 5.56 Å². The van der Waals surface area contributed by atoms with Gasteiger partial charge in [-0.25, -0.2) is 12.7 Å². The molecule has 6 nitrogen and oxygen atoms in total. The van der Waals surface area contributed by atoms with Crippen LogP contribution < -0.4 is 4.90 Å². The van der Waals surface area contributed by atoms with Crippen LogP contribution in [-0.4, -0.2) is 43.6 Å². The highest BCUT2D eigenvalue weighted by molar-refractivity contribution is 7.89. The van der Waals surface area contributed by atoms with E-state index in [1.807, 2.05) is 49.6 Å². The van der Waals surface area contributed by atoms with Crippen LogP contribution in [0.2, 0.25) is 0 Å². The molecule has 0 aliphatic carbocycles. The van der Waals surface area contributed by atoms with Crippen molar-refractivity contribution in [3.8, 4) is 6.07 Å². The van der Waals surface area contributed by atoms with Crippen LogP contribution in [0.1, 0.15) is 36.8 Å². The quantitative estimate of drug-likeness (QED) is 0.663. The van der Waals surface area contributed by atoms with E-state index in [1.54, 1.807) is 11.2 Å². The number of nitrogens with zero attached hydrogens (tertiary/aromatic N) is 3. The molecule has 0 spiro atoms. The molecule has 2 heterocycles. The molecule has 1 N–H and O–H groups in total. The second kappa shape index (κ2) is 8.13. The number of nitrogens with one attached hydrogen (secondary N) is 1. The summed E-state index contributed by atoms with van der Waals surface area (Å²) in [7, 11) is -1.14. The number of aromatic amines is 1. The number of H-pyrrole nitrogens is 1. The first-order chi connectivity index (χ1) is 14.4. The van der Waals surface area contributed by atoms with Crippen molar-refractivity contribution in [1.29, 1.82) is 5.26 Å². The molecule has 0 atom stereocenters. The highest BCUT2D eigenvalue weighted by atomic mass is 32.2. The van der Waals surface area contributed by atoms with E-state index in [4.69, 9.17) is 0 Å². The maximum atomic E-state index is 12.2. The average molecular weight is 423 g/mol. The number of nitriles is 1. The van der Waals surface area contributed by atoms with Gasteiger partial charge in [0.15, 0.2) is 0 Å². The van der Waals surface area contributed by atoms with Crippen LogP contribution in [0, 0.1) is 11.3 Å². The van der Waals surface area contributed by atoms with Gasteiger partial charge in [-0.3, -0.25) is 0 Å². The van der Waals surface area contributed by atoms with Crippen molar-refractivity contribution in [3.05, 3.63) is 59.8 Å². The second-order valence-electron chi connectivity index (χ2n) is 7.74. The number of aromatic nitrogens is 1. The number of rotatable bonds is 5. The number of sulfonamides is 1. The van der Waals surface area contributed by atoms with Crippen LogP contribution in [0.4, 0.5) is 11.4 Å². The molecule has 0 bridgehead atoms. The van der Waals surface area contributed by atoms with Crippen molar-refractivity contribution in [2.75, 3.05) is 30.8 Å². The number of fused-ring (bicyclic) bond motifs is 1. The topological polar surface area (TPSA) is 80.2 Å². The first-order valence-electron chi connectivity index (χ1n) is 10.3. The molecule has 1 fully saturated rings. The van der Waals surface area contributed by atoms with Gasteiger partial charge in [-0.05, 0) is 55.5 Å². The average Bonchev–Trinajstić information content (AvgIpc) is 3.22. The lowest BCUT2D eigenvalue weighted by Gasteiger charge is -2.31. The van der Waals surface area contributed by atoms with E-state index >= 15 is 0 Å². The van der Waals surface area contributed by atoms with E-state index in [0.717, 1.165) is 35.1 Å². The second-order valence-corrected chi connectivity index (χ2v) is 10.00. The van der Waals surface area contributed by atoms with E-state index in [-0.39, 0.29) is 11.7 Å². The summed E-state index contributed by atoms with van der Waals surface area (Å²) < 4.78 is 26.0. The van der Waals surface area contributed by atoms with Gasteiger partial charge >= 0.3 is 0 Å². The third kappa shape index (κ3) is 3.69. The minimum absolute atomic E-state index is 0.144.